The third kappa shape index (κ3) is 4.28. The molecule has 12 heteroatoms. The van der Waals surface area contributed by atoms with Crippen LogP contribution in [-0.4, -0.2) is 60.8 Å². The van der Waals surface area contributed by atoms with Crippen molar-refractivity contribution in [2.45, 2.75) is 32.4 Å². The third-order valence-corrected chi connectivity index (χ3v) is 6.05. The lowest BCUT2D eigenvalue weighted by molar-refractivity contribution is -0.148. The van der Waals surface area contributed by atoms with Gasteiger partial charge in [0, 0.05) is 56.3 Å². The number of thioether (sulfide) groups is 1. The van der Waals surface area contributed by atoms with E-state index in [0.717, 1.165) is 29.2 Å². The normalized spacial score (nSPS) is 18.7. The summed E-state index contributed by atoms with van der Waals surface area (Å²) >= 11 is 1.87. The van der Waals surface area contributed by atoms with Crippen LogP contribution in [0.3, 0.4) is 0 Å². The van der Waals surface area contributed by atoms with Crippen LogP contribution in [0.25, 0.3) is 0 Å². The van der Waals surface area contributed by atoms with Crippen molar-refractivity contribution in [2.24, 2.45) is 0 Å². The Kier molecular flexibility index (Phi) is 5.58. The van der Waals surface area contributed by atoms with Gasteiger partial charge in [0.2, 0.25) is 5.82 Å². The molecule has 4 rings (SSSR count). The van der Waals surface area contributed by atoms with Crippen molar-refractivity contribution in [1.82, 2.24) is 24.6 Å². The summed E-state index contributed by atoms with van der Waals surface area (Å²) in [5, 5.41) is 17.5. The van der Waals surface area contributed by atoms with Gasteiger partial charge in [0.1, 0.15) is 17.8 Å². The van der Waals surface area contributed by atoms with Gasteiger partial charge in [-0.1, -0.05) is 0 Å². The second-order valence-corrected chi connectivity index (χ2v) is 8.29. The van der Waals surface area contributed by atoms with Crippen LogP contribution in [0.15, 0.2) is 15.5 Å². The molecule has 8 nitrogen and oxygen atoms in total. The van der Waals surface area contributed by atoms with Crippen LogP contribution in [0.4, 0.5) is 13.2 Å². The molecule has 0 unspecified atom stereocenters. The fraction of sp³-hybridized carbons (Fsp3) is 0.588. The van der Waals surface area contributed by atoms with Gasteiger partial charge in [0.25, 0.3) is 0 Å². The second-order valence-electron chi connectivity index (χ2n) is 7.06. The van der Waals surface area contributed by atoms with E-state index in [4.69, 9.17) is 4.42 Å². The summed E-state index contributed by atoms with van der Waals surface area (Å²) in [5.41, 5.74) is -0.00704. The van der Waals surface area contributed by atoms with Crippen molar-refractivity contribution in [3.63, 3.8) is 0 Å². The average Bonchev–Trinajstić information content (AvgIpc) is 3.12. The van der Waals surface area contributed by atoms with Crippen LogP contribution in [0, 0.1) is 0 Å². The molecule has 2 aliphatic heterocycles. The molecule has 2 aromatic rings. The average molecular weight is 431 g/mol. The van der Waals surface area contributed by atoms with Gasteiger partial charge in [-0.2, -0.15) is 24.9 Å². The third-order valence-electron chi connectivity index (χ3n) is 5.11. The number of hydrogen-bond acceptors (Lipinski definition) is 8. The molecule has 1 fully saturated rings. The van der Waals surface area contributed by atoms with E-state index in [0.29, 0.717) is 12.1 Å². The van der Waals surface area contributed by atoms with E-state index in [1.807, 2.05) is 11.8 Å². The van der Waals surface area contributed by atoms with Gasteiger partial charge in [-0.3, -0.25) is 9.80 Å². The van der Waals surface area contributed by atoms with E-state index < -0.39 is 17.6 Å². The summed E-state index contributed by atoms with van der Waals surface area (Å²) < 4.78 is 45.1. The van der Waals surface area contributed by atoms with Gasteiger partial charge in [0.05, 0.1) is 12.1 Å². The highest BCUT2D eigenvalue weighted by Gasteiger charge is 2.39. The lowest BCUT2D eigenvalue weighted by Gasteiger charge is -2.28. The number of hydrogen-bond donors (Lipinski definition) is 1. The maximum absolute atomic E-state index is 13.0. The summed E-state index contributed by atoms with van der Waals surface area (Å²) in [5.74, 6) is 1.07. The zero-order chi connectivity index (χ0) is 20.6. The van der Waals surface area contributed by atoms with Crippen molar-refractivity contribution < 1.29 is 22.7 Å². The van der Waals surface area contributed by atoms with Gasteiger partial charge < -0.3 is 14.1 Å². The molecule has 1 saturated heterocycles. The summed E-state index contributed by atoms with van der Waals surface area (Å²) in [6.45, 7) is 2.73. The van der Waals surface area contributed by atoms with E-state index in [9.17, 15) is 23.1 Å². The summed E-state index contributed by atoms with van der Waals surface area (Å²) in [6.07, 6.45) is -3.28. The molecular formula is C17H20F3N5O3S. The number of aromatic nitrogens is 3. The van der Waals surface area contributed by atoms with Gasteiger partial charge in [-0.15, -0.1) is 10.2 Å². The summed E-state index contributed by atoms with van der Waals surface area (Å²) in [6, 6.07) is 0. The maximum Gasteiger partial charge on any atom is 0.451 e. The molecule has 0 atom stereocenters. The Labute approximate surface area is 168 Å². The number of fused-ring (bicyclic) bond motifs is 1. The molecule has 0 aliphatic carbocycles. The number of halogens is 3. The fourth-order valence-electron chi connectivity index (χ4n) is 3.57. The molecule has 0 radical (unpaired) electrons. The Morgan fingerprint density at radius 3 is 2.59 bits per heavy atom. The Morgan fingerprint density at radius 2 is 1.86 bits per heavy atom. The minimum Gasteiger partial charge on any atom is -0.507 e. The van der Waals surface area contributed by atoms with Crippen LogP contribution in [-0.2, 0) is 32.4 Å². The van der Waals surface area contributed by atoms with Gasteiger partial charge >= 0.3 is 11.8 Å². The molecule has 4 heterocycles. The first kappa shape index (κ1) is 20.2. The number of rotatable bonds is 4. The standard InChI is InChI=1S/C17H20F3N5O3S/c18-17(19,20)16-22-21-13-9-24(1-2-25(13)16)8-12-14(26)11(10-28-15(12)27)7-23-3-5-29-6-4-23/h10,26H,1-9H2. The molecule has 2 aromatic heterocycles. The van der Waals surface area contributed by atoms with Crippen molar-refractivity contribution in [2.75, 3.05) is 31.1 Å². The molecular weight excluding hydrogens is 411 g/mol. The van der Waals surface area contributed by atoms with Gasteiger partial charge in [-0.25, -0.2) is 4.79 Å². The largest absolute Gasteiger partial charge is 0.507 e. The molecule has 0 bridgehead atoms. The topological polar surface area (TPSA) is 87.6 Å². The first-order valence-corrected chi connectivity index (χ1v) is 10.3. The molecule has 1 N–H and O–H groups in total. The van der Waals surface area contributed by atoms with Gasteiger partial charge in [0.15, 0.2) is 0 Å². The molecule has 0 saturated carbocycles. The monoisotopic (exact) mass is 431 g/mol. The van der Waals surface area contributed by atoms with Crippen molar-refractivity contribution in [3.05, 3.63) is 39.5 Å². The van der Waals surface area contributed by atoms with Crippen LogP contribution in [0.1, 0.15) is 22.8 Å². The molecule has 2 aliphatic rings. The lowest BCUT2D eigenvalue weighted by Crippen LogP contribution is -2.36. The van der Waals surface area contributed by atoms with E-state index >= 15 is 0 Å². The highest BCUT2D eigenvalue weighted by atomic mass is 32.2. The molecule has 29 heavy (non-hydrogen) atoms. The molecule has 0 amide bonds. The predicted octanol–water partition coefficient (Wildman–Crippen LogP) is 1.52. The number of nitrogens with zero attached hydrogens (tertiary/aromatic N) is 5. The fourth-order valence-corrected chi connectivity index (χ4v) is 4.55. The quantitative estimate of drug-likeness (QED) is 0.780. The maximum atomic E-state index is 13.0. The van der Waals surface area contributed by atoms with Crippen LogP contribution < -0.4 is 5.63 Å². The van der Waals surface area contributed by atoms with Gasteiger partial charge in [-0.05, 0) is 0 Å². The van der Waals surface area contributed by atoms with Crippen molar-refractivity contribution in [1.29, 1.82) is 0 Å². The smallest absolute Gasteiger partial charge is 0.451 e. The highest BCUT2D eigenvalue weighted by Crippen LogP contribution is 2.30. The van der Waals surface area contributed by atoms with E-state index in [1.54, 1.807) is 4.90 Å². The number of aromatic hydroxyl groups is 1. The zero-order valence-corrected chi connectivity index (χ0v) is 16.3. The summed E-state index contributed by atoms with van der Waals surface area (Å²) in [4.78, 5) is 16.1. The van der Waals surface area contributed by atoms with E-state index in [-0.39, 0.29) is 43.3 Å². The molecule has 0 aromatic carbocycles. The van der Waals surface area contributed by atoms with Crippen molar-refractivity contribution >= 4 is 11.8 Å². The number of alkyl halides is 3. The molecule has 0 spiro atoms. The Hall–Kier alpha value is -2.05. The van der Waals surface area contributed by atoms with Crippen LogP contribution in [0.2, 0.25) is 0 Å². The Bertz CT molecular complexity index is 939. The first-order chi connectivity index (χ1) is 13.8. The summed E-state index contributed by atoms with van der Waals surface area (Å²) in [7, 11) is 0. The highest BCUT2D eigenvalue weighted by molar-refractivity contribution is 7.99. The van der Waals surface area contributed by atoms with Crippen LogP contribution in [0.5, 0.6) is 5.75 Å². The SMILES string of the molecule is O=c1occ(CN2CCSCC2)c(O)c1CN1CCn2c(nnc2C(F)(F)F)C1. The Balaban J connectivity index is 1.50. The lowest BCUT2D eigenvalue weighted by atomic mass is 10.1. The minimum absolute atomic E-state index is 0.0500. The van der Waals surface area contributed by atoms with E-state index in [1.165, 1.54) is 6.26 Å². The predicted molar refractivity (Wildman–Crippen MR) is 98.4 cm³/mol. The molecule has 158 valence electrons. The van der Waals surface area contributed by atoms with Crippen LogP contribution >= 0.6 is 11.8 Å². The minimum atomic E-state index is -4.56. The zero-order valence-electron chi connectivity index (χ0n) is 15.5. The van der Waals surface area contributed by atoms with Crippen molar-refractivity contribution in [3.8, 4) is 5.75 Å². The first-order valence-electron chi connectivity index (χ1n) is 9.17. The Morgan fingerprint density at radius 1 is 1.10 bits per heavy atom. The van der Waals surface area contributed by atoms with E-state index in [2.05, 4.69) is 15.1 Å². The second kappa shape index (κ2) is 8.00.